The van der Waals surface area contributed by atoms with Crippen LogP contribution in [0.4, 0.5) is 0 Å². The standard InChI is InChI=1S/C13H19ClO2S/c1-3-10-17(15,16)13-6-4-12(5-7-13)11(2)8-9-14/h4-7,11H,3,8-10H2,1-2H3. The van der Waals surface area contributed by atoms with Crippen molar-refractivity contribution in [1.82, 2.24) is 0 Å². The van der Waals surface area contributed by atoms with Gasteiger partial charge in [-0.3, -0.25) is 0 Å². The molecule has 0 radical (unpaired) electrons. The summed E-state index contributed by atoms with van der Waals surface area (Å²) in [6, 6.07) is 7.18. The molecule has 0 saturated heterocycles. The summed E-state index contributed by atoms with van der Waals surface area (Å²) in [5.74, 6) is 1.20. The van der Waals surface area contributed by atoms with Crippen LogP contribution >= 0.6 is 11.6 Å². The van der Waals surface area contributed by atoms with Gasteiger partial charge in [-0.05, 0) is 36.5 Å². The van der Waals surface area contributed by atoms with Crippen molar-refractivity contribution in [2.24, 2.45) is 0 Å². The third kappa shape index (κ3) is 4.00. The molecular formula is C13H19ClO2S. The number of hydrogen-bond acceptors (Lipinski definition) is 2. The van der Waals surface area contributed by atoms with Crippen molar-refractivity contribution in [3.63, 3.8) is 0 Å². The lowest BCUT2D eigenvalue weighted by Gasteiger charge is -2.10. The van der Waals surface area contributed by atoms with Crippen molar-refractivity contribution in [3.8, 4) is 0 Å². The quantitative estimate of drug-likeness (QED) is 0.743. The molecule has 0 aliphatic rings. The van der Waals surface area contributed by atoms with Crippen molar-refractivity contribution < 1.29 is 8.42 Å². The molecule has 0 bridgehead atoms. The van der Waals surface area contributed by atoms with Gasteiger partial charge in [0, 0.05) is 5.88 Å². The molecule has 4 heteroatoms. The molecule has 2 nitrogen and oxygen atoms in total. The maximum atomic E-state index is 11.8. The van der Waals surface area contributed by atoms with E-state index in [0.29, 0.717) is 23.1 Å². The summed E-state index contributed by atoms with van der Waals surface area (Å²) in [6.45, 7) is 3.96. The molecule has 0 aliphatic heterocycles. The largest absolute Gasteiger partial charge is 0.224 e. The maximum Gasteiger partial charge on any atom is 0.178 e. The van der Waals surface area contributed by atoms with Crippen LogP contribution in [0.25, 0.3) is 0 Å². The first-order chi connectivity index (χ1) is 8.01. The summed E-state index contributed by atoms with van der Waals surface area (Å²) in [5, 5.41) is 0. The zero-order valence-electron chi connectivity index (χ0n) is 10.3. The van der Waals surface area contributed by atoms with Gasteiger partial charge in [-0.15, -0.1) is 11.6 Å². The van der Waals surface area contributed by atoms with E-state index in [-0.39, 0.29) is 5.75 Å². The van der Waals surface area contributed by atoms with Gasteiger partial charge in [0.05, 0.1) is 10.6 Å². The van der Waals surface area contributed by atoms with E-state index in [0.717, 1.165) is 12.0 Å². The monoisotopic (exact) mass is 274 g/mol. The second kappa shape index (κ2) is 6.41. The lowest BCUT2D eigenvalue weighted by atomic mass is 9.99. The Morgan fingerprint density at radius 2 is 1.82 bits per heavy atom. The molecule has 0 amide bonds. The summed E-state index contributed by atoms with van der Waals surface area (Å²) < 4.78 is 23.6. The van der Waals surface area contributed by atoms with E-state index in [1.54, 1.807) is 12.1 Å². The highest BCUT2D eigenvalue weighted by atomic mass is 35.5. The molecule has 17 heavy (non-hydrogen) atoms. The highest BCUT2D eigenvalue weighted by Gasteiger charge is 2.13. The van der Waals surface area contributed by atoms with Crippen LogP contribution in [0.15, 0.2) is 29.2 Å². The Balaban J connectivity index is 2.88. The minimum Gasteiger partial charge on any atom is -0.224 e. The number of benzene rings is 1. The molecule has 1 unspecified atom stereocenters. The van der Waals surface area contributed by atoms with Gasteiger partial charge in [0.1, 0.15) is 0 Å². The Bertz CT molecular complexity index is 437. The molecule has 0 N–H and O–H groups in total. The fourth-order valence-corrected chi connectivity index (χ4v) is 3.37. The number of halogens is 1. The Kier molecular flexibility index (Phi) is 5.47. The highest BCUT2D eigenvalue weighted by molar-refractivity contribution is 7.91. The average molecular weight is 275 g/mol. The molecule has 1 aromatic carbocycles. The second-order valence-electron chi connectivity index (χ2n) is 4.27. The van der Waals surface area contributed by atoms with Gasteiger partial charge in [0.15, 0.2) is 9.84 Å². The fourth-order valence-electron chi connectivity index (χ4n) is 1.72. The van der Waals surface area contributed by atoms with Gasteiger partial charge in [-0.2, -0.15) is 0 Å². The predicted molar refractivity (Wildman–Crippen MR) is 72.5 cm³/mol. The first-order valence-electron chi connectivity index (χ1n) is 5.90. The van der Waals surface area contributed by atoms with Crippen LogP contribution in [-0.2, 0) is 9.84 Å². The van der Waals surface area contributed by atoms with E-state index in [4.69, 9.17) is 11.6 Å². The van der Waals surface area contributed by atoms with Crippen molar-refractivity contribution in [3.05, 3.63) is 29.8 Å². The second-order valence-corrected chi connectivity index (χ2v) is 6.75. The summed E-state index contributed by atoms with van der Waals surface area (Å²) in [6.07, 6.45) is 1.55. The molecule has 1 rings (SSSR count). The van der Waals surface area contributed by atoms with Crippen LogP contribution in [0, 0.1) is 0 Å². The van der Waals surface area contributed by atoms with E-state index in [1.165, 1.54) is 0 Å². The zero-order valence-corrected chi connectivity index (χ0v) is 11.9. The first-order valence-corrected chi connectivity index (χ1v) is 8.08. The minimum atomic E-state index is -3.09. The SMILES string of the molecule is CCCS(=O)(=O)c1ccc(C(C)CCCl)cc1. The van der Waals surface area contributed by atoms with Crippen LogP contribution in [0.1, 0.15) is 38.2 Å². The average Bonchev–Trinajstić information content (AvgIpc) is 2.29. The van der Waals surface area contributed by atoms with Crippen LogP contribution in [-0.4, -0.2) is 20.1 Å². The van der Waals surface area contributed by atoms with Crippen molar-refractivity contribution in [2.75, 3.05) is 11.6 Å². The van der Waals surface area contributed by atoms with Crippen LogP contribution in [0.3, 0.4) is 0 Å². The van der Waals surface area contributed by atoms with Crippen molar-refractivity contribution in [1.29, 1.82) is 0 Å². The van der Waals surface area contributed by atoms with E-state index in [2.05, 4.69) is 6.92 Å². The van der Waals surface area contributed by atoms with E-state index < -0.39 is 9.84 Å². The summed E-state index contributed by atoms with van der Waals surface area (Å²) >= 11 is 5.70. The van der Waals surface area contributed by atoms with Gasteiger partial charge in [-0.25, -0.2) is 8.42 Å². The Morgan fingerprint density at radius 1 is 1.24 bits per heavy atom. The molecule has 1 aromatic rings. The third-order valence-corrected chi connectivity index (χ3v) is 4.98. The summed E-state index contributed by atoms with van der Waals surface area (Å²) in [7, 11) is -3.09. The smallest absolute Gasteiger partial charge is 0.178 e. The van der Waals surface area contributed by atoms with Crippen LogP contribution in [0.2, 0.25) is 0 Å². The summed E-state index contributed by atoms with van der Waals surface area (Å²) in [5.41, 5.74) is 1.14. The van der Waals surface area contributed by atoms with E-state index in [1.807, 2.05) is 19.1 Å². The van der Waals surface area contributed by atoms with Gasteiger partial charge in [-0.1, -0.05) is 26.0 Å². The molecular weight excluding hydrogens is 256 g/mol. The number of sulfone groups is 1. The third-order valence-electron chi connectivity index (χ3n) is 2.82. The molecule has 0 aliphatic carbocycles. The Hall–Kier alpha value is -0.540. The number of rotatable bonds is 6. The molecule has 1 atom stereocenters. The molecule has 0 spiro atoms. The van der Waals surface area contributed by atoms with Crippen molar-refractivity contribution in [2.45, 2.75) is 37.5 Å². The predicted octanol–water partition coefficient (Wildman–Crippen LogP) is 3.60. The van der Waals surface area contributed by atoms with Gasteiger partial charge in [0.25, 0.3) is 0 Å². The molecule has 0 fully saturated rings. The number of hydrogen-bond donors (Lipinski definition) is 0. The van der Waals surface area contributed by atoms with E-state index >= 15 is 0 Å². The Labute approximate surface area is 109 Å². The minimum absolute atomic E-state index is 0.212. The highest BCUT2D eigenvalue weighted by Crippen LogP contribution is 2.21. The maximum absolute atomic E-state index is 11.8. The van der Waals surface area contributed by atoms with Gasteiger partial charge < -0.3 is 0 Å². The normalized spacial score (nSPS) is 13.6. The molecule has 0 aromatic heterocycles. The fraction of sp³-hybridized carbons (Fsp3) is 0.538. The lowest BCUT2D eigenvalue weighted by Crippen LogP contribution is -2.06. The van der Waals surface area contributed by atoms with Crippen LogP contribution < -0.4 is 0 Å². The van der Waals surface area contributed by atoms with Gasteiger partial charge in [0.2, 0.25) is 0 Å². The number of alkyl halides is 1. The van der Waals surface area contributed by atoms with E-state index in [9.17, 15) is 8.42 Å². The molecule has 0 heterocycles. The van der Waals surface area contributed by atoms with Crippen LogP contribution in [0.5, 0.6) is 0 Å². The molecule has 96 valence electrons. The zero-order chi connectivity index (χ0) is 12.9. The topological polar surface area (TPSA) is 34.1 Å². The van der Waals surface area contributed by atoms with Gasteiger partial charge >= 0.3 is 0 Å². The first kappa shape index (κ1) is 14.5. The molecule has 0 saturated carbocycles. The van der Waals surface area contributed by atoms with Crippen molar-refractivity contribution >= 4 is 21.4 Å². The lowest BCUT2D eigenvalue weighted by molar-refractivity contribution is 0.594. The Morgan fingerprint density at radius 3 is 2.29 bits per heavy atom. The summed E-state index contributed by atoms with van der Waals surface area (Å²) in [4.78, 5) is 0.418.